The van der Waals surface area contributed by atoms with Crippen LogP contribution < -0.4 is 5.32 Å². The third-order valence-corrected chi connectivity index (χ3v) is 10.0. The average molecular weight is 494 g/mol. The van der Waals surface area contributed by atoms with Crippen LogP contribution in [0.2, 0.25) is 0 Å². The summed E-state index contributed by atoms with van der Waals surface area (Å²) in [6, 6.07) is 0.975. The minimum Gasteiger partial charge on any atom is -0.379 e. The highest BCUT2D eigenvalue weighted by atomic mass is 32.2. The molecule has 180 valence electrons. The number of nitrogens with zero attached hydrogens (tertiary/aromatic N) is 4. The Kier molecular flexibility index (Phi) is 6.67. The second-order valence-corrected chi connectivity index (χ2v) is 12.3. The van der Waals surface area contributed by atoms with Crippen molar-refractivity contribution in [3.05, 3.63) is 16.8 Å². The van der Waals surface area contributed by atoms with E-state index in [0.29, 0.717) is 25.0 Å². The highest BCUT2D eigenvalue weighted by molar-refractivity contribution is 7.89. The summed E-state index contributed by atoms with van der Waals surface area (Å²) < 4.78 is 32.3. The predicted molar refractivity (Wildman–Crippen MR) is 128 cm³/mol. The second kappa shape index (κ2) is 9.53. The Labute approximate surface area is 198 Å². The lowest BCUT2D eigenvalue weighted by Crippen LogP contribution is -2.46. The molecule has 2 aromatic rings. The number of hydrogen-bond acceptors (Lipinski definition) is 9. The quantitative estimate of drug-likeness (QED) is 0.652. The fourth-order valence-corrected chi connectivity index (χ4v) is 7.83. The van der Waals surface area contributed by atoms with Gasteiger partial charge in [0.15, 0.2) is 0 Å². The molecule has 3 aliphatic rings. The van der Waals surface area contributed by atoms with Crippen molar-refractivity contribution in [2.24, 2.45) is 0 Å². The van der Waals surface area contributed by atoms with Crippen molar-refractivity contribution in [2.75, 3.05) is 43.9 Å². The Hall–Kier alpha value is -1.66. The van der Waals surface area contributed by atoms with Crippen LogP contribution in [-0.2, 0) is 32.5 Å². The zero-order valence-electron chi connectivity index (χ0n) is 19.0. The van der Waals surface area contributed by atoms with E-state index < -0.39 is 15.8 Å². The summed E-state index contributed by atoms with van der Waals surface area (Å²) in [7, 11) is -3.62. The number of carbonyl (C=O) groups is 1. The maximum atomic E-state index is 12.7. The van der Waals surface area contributed by atoms with Crippen LogP contribution >= 0.6 is 11.3 Å². The summed E-state index contributed by atoms with van der Waals surface area (Å²) in [5, 5.41) is 4.60. The number of hydrogen-bond donors (Lipinski definition) is 1. The average Bonchev–Trinajstić information content (AvgIpc) is 3.18. The smallest absolute Gasteiger partial charge is 0.221 e. The maximum Gasteiger partial charge on any atom is 0.221 e. The van der Waals surface area contributed by atoms with Gasteiger partial charge in [-0.05, 0) is 44.6 Å². The van der Waals surface area contributed by atoms with E-state index in [1.807, 2.05) is 0 Å². The van der Waals surface area contributed by atoms with E-state index in [0.717, 1.165) is 73.6 Å². The number of nitrogens with one attached hydrogen (secondary N) is 1. The van der Waals surface area contributed by atoms with Crippen molar-refractivity contribution in [1.29, 1.82) is 0 Å². The fraction of sp³-hybridized carbons (Fsp3) is 0.682. The van der Waals surface area contributed by atoms with E-state index in [4.69, 9.17) is 4.74 Å². The summed E-state index contributed by atoms with van der Waals surface area (Å²) in [5.74, 6) is 0.0192. The van der Waals surface area contributed by atoms with Gasteiger partial charge in [-0.15, -0.1) is 11.3 Å². The molecule has 2 aliphatic heterocycles. The normalized spacial score (nSPS) is 25.1. The Morgan fingerprint density at radius 2 is 1.94 bits per heavy atom. The lowest BCUT2D eigenvalue weighted by atomic mass is 9.90. The molecule has 0 bridgehead atoms. The van der Waals surface area contributed by atoms with E-state index in [9.17, 15) is 13.2 Å². The minimum absolute atomic E-state index is 0.275. The summed E-state index contributed by atoms with van der Waals surface area (Å²) in [6.07, 6.45) is 6.71. The van der Waals surface area contributed by atoms with Crippen LogP contribution in [0.5, 0.6) is 0 Å². The van der Waals surface area contributed by atoms with Gasteiger partial charge in [0, 0.05) is 43.1 Å². The molecule has 11 heteroatoms. The summed E-state index contributed by atoms with van der Waals surface area (Å²) >= 11 is 1.62. The lowest BCUT2D eigenvalue weighted by molar-refractivity contribution is -0.114. The number of anilines is 1. The molecule has 0 unspecified atom stereocenters. The van der Waals surface area contributed by atoms with Crippen LogP contribution in [0.4, 0.5) is 5.82 Å². The van der Waals surface area contributed by atoms with Crippen LogP contribution in [0.3, 0.4) is 0 Å². The van der Waals surface area contributed by atoms with Crippen molar-refractivity contribution in [2.45, 2.75) is 57.7 Å². The molecular weight excluding hydrogens is 462 g/mol. The molecule has 0 aromatic carbocycles. The Bertz CT molecular complexity index is 1120. The van der Waals surface area contributed by atoms with Gasteiger partial charge in [-0.3, -0.25) is 9.69 Å². The van der Waals surface area contributed by atoms with Crippen LogP contribution in [-0.4, -0.2) is 84.1 Å². The molecule has 1 aliphatic carbocycles. The van der Waals surface area contributed by atoms with Crippen LogP contribution in [0, 0.1) is 0 Å². The number of fused-ring (bicyclic) bond motifs is 3. The molecule has 0 atom stereocenters. The predicted octanol–water partition coefficient (Wildman–Crippen LogP) is 2.02. The second-order valence-electron chi connectivity index (χ2n) is 9.25. The van der Waals surface area contributed by atoms with Crippen molar-refractivity contribution >= 4 is 43.2 Å². The van der Waals surface area contributed by atoms with Gasteiger partial charge >= 0.3 is 0 Å². The Balaban J connectivity index is 1.32. The molecule has 1 saturated carbocycles. The summed E-state index contributed by atoms with van der Waals surface area (Å²) in [4.78, 5) is 25.1. The van der Waals surface area contributed by atoms with Gasteiger partial charge in [-0.2, -0.15) is 4.31 Å². The molecule has 4 heterocycles. The number of morpholine rings is 1. The van der Waals surface area contributed by atoms with E-state index >= 15 is 0 Å². The Morgan fingerprint density at radius 3 is 2.67 bits per heavy atom. The molecule has 9 nitrogen and oxygen atoms in total. The number of ether oxygens (including phenoxy) is 1. The SMILES string of the molecule is CC(=O)CS(=O)(=O)N1CCc2sc3ncnc(N[C@H]4CC[C@H](N5CCOCC5)CC4)c3c2C1. The van der Waals surface area contributed by atoms with Gasteiger partial charge in [0.05, 0.1) is 18.6 Å². The van der Waals surface area contributed by atoms with E-state index in [-0.39, 0.29) is 12.3 Å². The van der Waals surface area contributed by atoms with Gasteiger partial charge in [-0.1, -0.05) is 0 Å². The summed E-state index contributed by atoms with van der Waals surface area (Å²) in [6.45, 7) is 5.71. The third-order valence-electron chi connectivity index (χ3n) is 6.97. The number of sulfonamides is 1. The highest BCUT2D eigenvalue weighted by Gasteiger charge is 2.32. The largest absolute Gasteiger partial charge is 0.379 e. The first-order chi connectivity index (χ1) is 15.9. The third kappa shape index (κ3) is 4.93. The van der Waals surface area contributed by atoms with Crippen molar-refractivity contribution < 1.29 is 17.9 Å². The fourth-order valence-electron chi connectivity index (χ4n) is 5.30. The molecular formula is C22H31N5O4S2. The van der Waals surface area contributed by atoms with E-state index in [1.165, 1.54) is 16.1 Å². The van der Waals surface area contributed by atoms with Gasteiger partial charge in [-0.25, -0.2) is 18.4 Å². The van der Waals surface area contributed by atoms with Crippen molar-refractivity contribution in [1.82, 2.24) is 19.2 Å². The highest BCUT2D eigenvalue weighted by Crippen LogP contribution is 2.38. The van der Waals surface area contributed by atoms with Gasteiger partial charge in [0.25, 0.3) is 0 Å². The molecule has 1 N–H and O–H groups in total. The molecule has 0 radical (unpaired) electrons. The van der Waals surface area contributed by atoms with Crippen molar-refractivity contribution in [3.63, 3.8) is 0 Å². The molecule has 0 amide bonds. The molecule has 5 rings (SSSR count). The number of carbonyl (C=O) groups excluding carboxylic acids is 1. The number of rotatable bonds is 6. The van der Waals surface area contributed by atoms with Gasteiger partial charge in [0.1, 0.15) is 28.5 Å². The monoisotopic (exact) mass is 493 g/mol. The van der Waals surface area contributed by atoms with E-state index in [1.54, 1.807) is 17.7 Å². The molecule has 33 heavy (non-hydrogen) atoms. The van der Waals surface area contributed by atoms with Crippen LogP contribution in [0.25, 0.3) is 10.2 Å². The Morgan fingerprint density at radius 1 is 1.18 bits per heavy atom. The molecule has 1 saturated heterocycles. The van der Waals surface area contributed by atoms with Gasteiger partial charge in [0.2, 0.25) is 10.0 Å². The number of thiophene rings is 1. The molecule has 2 aromatic heterocycles. The maximum absolute atomic E-state index is 12.7. The zero-order valence-corrected chi connectivity index (χ0v) is 20.6. The van der Waals surface area contributed by atoms with Gasteiger partial charge < -0.3 is 10.1 Å². The minimum atomic E-state index is -3.62. The first-order valence-electron chi connectivity index (χ1n) is 11.7. The van der Waals surface area contributed by atoms with Crippen LogP contribution in [0.1, 0.15) is 43.0 Å². The van der Waals surface area contributed by atoms with Crippen LogP contribution in [0.15, 0.2) is 6.33 Å². The van der Waals surface area contributed by atoms with Crippen molar-refractivity contribution in [3.8, 4) is 0 Å². The standard InChI is InChI=1S/C22H31N5O4S2/c1-15(28)13-33(29,30)27-7-6-19-18(12-27)20-21(23-14-24-22(20)32-19)25-16-2-4-17(5-3-16)26-8-10-31-11-9-26/h14,16-17H,2-13H2,1H3,(H,23,24,25)/t16-,17-. The first-order valence-corrected chi connectivity index (χ1v) is 14.1. The zero-order chi connectivity index (χ0) is 23.0. The summed E-state index contributed by atoms with van der Waals surface area (Å²) in [5.41, 5.74) is 0.985. The molecule has 0 spiro atoms. The van der Waals surface area contributed by atoms with E-state index in [2.05, 4.69) is 20.2 Å². The lowest BCUT2D eigenvalue weighted by Gasteiger charge is -2.39. The topological polar surface area (TPSA) is 105 Å². The molecule has 2 fully saturated rings. The number of Topliss-reactive ketones (excluding diaryl/α,β-unsaturated/α-hetero) is 1. The number of ketones is 1. The number of aromatic nitrogens is 2. The first kappa shape index (κ1) is 23.1.